The van der Waals surface area contributed by atoms with Gasteiger partial charge in [-0.25, -0.2) is 0 Å². The van der Waals surface area contributed by atoms with Gasteiger partial charge in [0, 0.05) is 0 Å². The molecule has 6 nitrogen and oxygen atoms in total. The van der Waals surface area contributed by atoms with Crippen LogP contribution in [-0.4, -0.2) is 21.4 Å². The third-order valence-corrected chi connectivity index (χ3v) is 0.569. The zero-order chi connectivity index (χ0) is 8.62. The first-order valence-corrected chi connectivity index (χ1v) is 3.69. The fourth-order valence-corrected chi connectivity index (χ4v) is 0.258. The Morgan fingerprint density at radius 2 is 1.80 bits per heavy atom. The minimum Gasteiger partial charge on any atom is -0.370 e. The number of hydrogen-bond donors (Lipinski definition) is 1. The summed E-state index contributed by atoms with van der Waals surface area (Å²) in [7, 11) is -4.29. The topological polar surface area (TPSA) is 97.7 Å². The lowest BCUT2D eigenvalue weighted by Gasteiger charge is -1.86. The van der Waals surface area contributed by atoms with Gasteiger partial charge in [-0.1, -0.05) is 6.58 Å². The van der Waals surface area contributed by atoms with Gasteiger partial charge in [0.2, 0.25) is 0 Å². The van der Waals surface area contributed by atoms with Crippen LogP contribution >= 0.6 is 0 Å². The fraction of sp³-hybridized carbons (Fsp3) is 0. The summed E-state index contributed by atoms with van der Waals surface area (Å²) in [5.41, 5.74) is 0. The minimum atomic E-state index is -4.29. The van der Waals surface area contributed by atoms with E-state index in [4.69, 9.17) is 13.0 Å². The minimum absolute atomic E-state index is 0.620. The third kappa shape index (κ3) is 26.7. The lowest BCUT2D eigenvalue weighted by Crippen LogP contribution is -1.96. The molecule has 60 valence electrons. The summed E-state index contributed by atoms with van der Waals surface area (Å²) in [4.78, 5) is 0. The second-order valence-electron chi connectivity index (χ2n) is 0.759. The standard InChI is InChI=1S/C2H4O4S.O2S/c1-2-6-7(3,4)5;1-3-2/h2H,1H2,(H,3,4,5);. The SMILES string of the molecule is C=COS(=O)(=O)O.O=S=O. The summed E-state index contributed by atoms with van der Waals surface area (Å²) >= 11 is -0.750. The van der Waals surface area contributed by atoms with Crippen LogP contribution in [0.25, 0.3) is 0 Å². The monoisotopic (exact) mass is 188 g/mol. The van der Waals surface area contributed by atoms with Gasteiger partial charge in [0.1, 0.15) is 6.26 Å². The first-order valence-electron chi connectivity index (χ1n) is 1.66. The molecule has 0 rings (SSSR count). The second kappa shape index (κ2) is 6.39. The van der Waals surface area contributed by atoms with E-state index in [1.54, 1.807) is 0 Å². The summed E-state index contributed by atoms with van der Waals surface area (Å²) in [5.74, 6) is 0. The van der Waals surface area contributed by atoms with Gasteiger partial charge in [-0.05, 0) is 0 Å². The molecule has 0 aliphatic heterocycles. The van der Waals surface area contributed by atoms with Crippen LogP contribution in [0.3, 0.4) is 0 Å². The van der Waals surface area contributed by atoms with Crippen LogP contribution in [-0.2, 0) is 26.2 Å². The predicted molar refractivity (Wildman–Crippen MR) is 31.8 cm³/mol. The highest BCUT2D eigenvalue weighted by Crippen LogP contribution is 1.82. The molecule has 0 aromatic carbocycles. The Bertz CT molecular complexity index is 208. The molecule has 0 fully saturated rings. The average Bonchev–Trinajstić information content (AvgIpc) is 1.63. The second-order valence-corrected chi connectivity index (χ2v) is 1.94. The molecule has 0 aromatic rings. The van der Waals surface area contributed by atoms with Crippen molar-refractivity contribution in [2.24, 2.45) is 0 Å². The van der Waals surface area contributed by atoms with Crippen molar-refractivity contribution in [1.29, 1.82) is 0 Å². The quantitative estimate of drug-likeness (QED) is 0.453. The molecule has 0 amide bonds. The zero-order valence-electron chi connectivity index (χ0n) is 4.59. The van der Waals surface area contributed by atoms with Crippen LogP contribution in [0.4, 0.5) is 0 Å². The number of hydrogen-bond acceptors (Lipinski definition) is 5. The van der Waals surface area contributed by atoms with Crippen molar-refractivity contribution in [3.05, 3.63) is 12.8 Å². The van der Waals surface area contributed by atoms with E-state index in [-0.39, 0.29) is 0 Å². The predicted octanol–water partition coefficient (Wildman–Crippen LogP) is -0.721. The molecule has 8 heteroatoms. The largest absolute Gasteiger partial charge is 0.445 e. The van der Waals surface area contributed by atoms with E-state index < -0.39 is 22.0 Å². The van der Waals surface area contributed by atoms with E-state index in [0.717, 1.165) is 0 Å². The molecule has 0 bridgehead atoms. The van der Waals surface area contributed by atoms with E-state index in [9.17, 15) is 8.42 Å². The Kier molecular flexibility index (Phi) is 7.67. The summed E-state index contributed by atoms with van der Waals surface area (Å²) in [5, 5.41) is 0. The fourth-order valence-electron chi connectivity index (χ4n) is 0.0860. The van der Waals surface area contributed by atoms with Gasteiger partial charge in [0.15, 0.2) is 0 Å². The summed E-state index contributed by atoms with van der Waals surface area (Å²) in [6.07, 6.45) is 0.620. The van der Waals surface area contributed by atoms with Crippen LogP contribution in [0.15, 0.2) is 12.8 Å². The van der Waals surface area contributed by atoms with Crippen LogP contribution < -0.4 is 0 Å². The van der Waals surface area contributed by atoms with Crippen LogP contribution in [0, 0.1) is 0 Å². The Morgan fingerprint density at radius 3 is 1.80 bits per heavy atom. The Morgan fingerprint density at radius 1 is 1.50 bits per heavy atom. The lowest BCUT2D eigenvalue weighted by molar-refractivity contribution is 0.357. The lowest BCUT2D eigenvalue weighted by atomic mass is 11.2. The Balaban J connectivity index is 0. The third-order valence-electron chi connectivity index (χ3n) is 0.190. The van der Waals surface area contributed by atoms with Crippen molar-refractivity contribution in [2.75, 3.05) is 0 Å². The Labute approximate surface area is 61.1 Å². The van der Waals surface area contributed by atoms with E-state index in [1.165, 1.54) is 0 Å². The van der Waals surface area contributed by atoms with Crippen LogP contribution in [0.5, 0.6) is 0 Å². The summed E-state index contributed by atoms with van der Waals surface area (Å²) in [6.45, 7) is 2.88. The van der Waals surface area contributed by atoms with Crippen molar-refractivity contribution in [2.45, 2.75) is 0 Å². The van der Waals surface area contributed by atoms with Gasteiger partial charge in [-0.2, -0.15) is 16.8 Å². The highest BCUT2D eigenvalue weighted by atomic mass is 32.3. The summed E-state index contributed by atoms with van der Waals surface area (Å²) in [6, 6.07) is 0. The molecular weight excluding hydrogens is 184 g/mol. The molecule has 0 atom stereocenters. The average molecular weight is 188 g/mol. The molecule has 0 heterocycles. The van der Waals surface area contributed by atoms with Crippen molar-refractivity contribution in [1.82, 2.24) is 0 Å². The first-order chi connectivity index (χ1) is 4.47. The molecule has 0 aliphatic carbocycles. The van der Waals surface area contributed by atoms with E-state index >= 15 is 0 Å². The maximum Gasteiger partial charge on any atom is 0.445 e. The Hall–Kier alpha value is -0.730. The first kappa shape index (κ1) is 12.0. The molecule has 0 aromatic heterocycles. The molecule has 0 spiro atoms. The maximum atomic E-state index is 9.49. The van der Waals surface area contributed by atoms with Gasteiger partial charge in [-0.15, -0.1) is 0 Å². The van der Waals surface area contributed by atoms with Gasteiger partial charge in [0.05, 0.1) is 0 Å². The molecule has 1 N–H and O–H groups in total. The zero-order valence-corrected chi connectivity index (χ0v) is 6.22. The molecular formula is C2H4O6S2. The van der Waals surface area contributed by atoms with Gasteiger partial charge in [-0.3, -0.25) is 4.55 Å². The molecule has 0 unspecified atom stereocenters. The van der Waals surface area contributed by atoms with E-state index in [0.29, 0.717) is 6.26 Å². The van der Waals surface area contributed by atoms with E-state index in [1.807, 2.05) is 0 Å². The van der Waals surface area contributed by atoms with Crippen molar-refractivity contribution in [3.63, 3.8) is 0 Å². The van der Waals surface area contributed by atoms with Gasteiger partial charge in [0.25, 0.3) is 0 Å². The van der Waals surface area contributed by atoms with Crippen molar-refractivity contribution < 1.29 is 25.6 Å². The maximum absolute atomic E-state index is 9.49. The van der Waals surface area contributed by atoms with Crippen molar-refractivity contribution in [3.8, 4) is 0 Å². The highest BCUT2D eigenvalue weighted by Gasteiger charge is 1.96. The summed E-state index contributed by atoms with van der Waals surface area (Å²) < 4.78 is 46.8. The van der Waals surface area contributed by atoms with Gasteiger partial charge < -0.3 is 4.18 Å². The van der Waals surface area contributed by atoms with Gasteiger partial charge >= 0.3 is 22.0 Å². The molecule has 0 saturated carbocycles. The molecule has 10 heavy (non-hydrogen) atoms. The molecule has 0 aliphatic rings. The van der Waals surface area contributed by atoms with Crippen molar-refractivity contribution >= 4 is 22.0 Å². The smallest absolute Gasteiger partial charge is 0.370 e. The van der Waals surface area contributed by atoms with E-state index in [2.05, 4.69) is 10.8 Å². The van der Waals surface area contributed by atoms with Crippen LogP contribution in [0.2, 0.25) is 0 Å². The molecule has 0 radical (unpaired) electrons. The van der Waals surface area contributed by atoms with Crippen LogP contribution in [0.1, 0.15) is 0 Å². The number of rotatable bonds is 2. The molecule has 0 saturated heterocycles. The highest BCUT2D eigenvalue weighted by molar-refractivity contribution is 7.81. The normalized spacial score (nSPS) is 8.50.